The Morgan fingerprint density at radius 1 is 1.16 bits per heavy atom. The minimum absolute atomic E-state index is 0.162. The lowest BCUT2D eigenvalue weighted by Crippen LogP contribution is -2.17. The first-order valence-electron chi connectivity index (χ1n) is 8.04. The van der Waals surface area contributed by atoms with Crippen LogP contribution >= 0.6 is 0 Å². The summed E-state index contributed by atoms with van der Waals surface area (Å²) < 4.78 is 1.71. The zero-order chi connectivity index (χ0) is 17.7. The third kappa shape index (κ3) is 2.36. The van der Waals surface area contributed by atoms with Crippen molar-refractivity contribution in [2.45, 2.75) is 27.7 Å². The van der Waals surface area contributed by atoms with Crippen LogP contribution in [0.25, 0.3) is 16.4 Å². The van der Waals surface area contributed by atoms with E-state index in [1.807, 2.05) is 52.0 Å². The van der Waals surface area contributed by atoms with E-state index in [2.05, 4.69) is 25.8 Å². The standard InChI is InChI=1S/C18H18N6O/c1-9-7-16-11(3)21-23-24(16)12(4)17(9)18(25)19-13-5-6-15-14(8-13)10(2)20-22-15/h5-8H,1-4H3,(H,19,25)(H,20,22). The highest BCUT2D eigenvalue weighted by Gasteiger charge is 2.18. The van der Waals surface area contributed by atoms with Crippen molar-refractivity contribution in [3.8, 4) is 0 Å². The summed E-state index contributed by atoms with van der Waals surface area (Å²) in [6.45, 7) is 7.67. The number of pyridine rings is 1. The molecule has 0 spiro atoms. The second-order valence-electron chi connectivity index (χ2n) is 6.29. The van der Waals surface area contributed by atoms with Crippen LogP contribution in [0.2, 0.25) is 0 Å². The highest BCUT2D eigenvalue weighted by atomic mass is 16.1. The molecule has 0 aliphatic carbocycles. The molecule has 7 nitrogen and oxygen atoms in total. The predicted octanol–water partition coefficient (Wildman–Crippen LogP) is 3.09. The molecule has 126 valence electrons. The normalized spacial score (nSPS) is 11.4. The Morgan fingerprint density at radius 3 is 2.76 bits per heavy atom. The number of nitrogens with one attached hydrogen (secondary N) is 2. The summed E-state index contributed by atoms with van der Waals surface area (Å²) in [5.41, 5.74) is 6.63. The van der Waals surface area contributed by atoms with Gasteiger partial charge in [0, 0.05) is 16.8 Å². The number of fused-ring (bicyclic) bond motifs is 2. The average Bonchev–Trinajstić information content (AvgIpc) is 3.12. The van der Waals surface area contributed by atoms with Crippen molar-refractivity contribution in [3.63, 3.8) is 0 Å². The maximum absolute atomic E-state index is 12.9. The van der Waals surface area contributed by atoms with Gasteiger partial charge in [0.1, 0.15) is 0 Å². The number of amides is 1. The van der Waals surface area contributed by atoms with Crippen LogP contribution in [0.1, 0.15) is 33.0 Å². The van der Waals surface area contributed by atoms with E-state index in [-0.39, 0.29) is 5.91 Å². The molecule has 25 heavy (non-hydrogen) atoms. The number of anilines is 1. The Labute approximate surface area is 144 Å². The highest BCUT2D eigenvalue weighted by molar-refractivity contribution is 6.07. The van der Waals surface area contributed by atoms with Gasteiger partial charge in [0.25, 0.3) is 5.91 Å². The molecule has 0 saturated heterocycles. The van der Waals surface area contributed by atoms with E-state index in [9.17, 15) is 4.79 Å². The molecule has 0 saturated carbocycles. The van der Waals surface area contributed by atoms with Gasteiger partial charge in [-0.05, 0) is 57.5 Å². The first-order chi connectivity index (χ1) is 12.0. The van der Waals surface area contributed by atoms with E-state index < -0.39 is 0 Å². The lowest BCUT2D eigenvalue weighted by Gasteiger charge is -2.12. The summed E-state index contributed by atoms with van der Waals surface area (Å²) in [5, 5.41) is 19.3. The molecule has 4 rings (SSSR count). The maximum atomic E-state index is 12.9. The molecular formula is C18H18N6O. The Balaban J connectivity index is 1.75. The molecule has 2 N–H and O–H groups in total. The molecule has 3 heterocycles. The molecule has 0 aliphatic heterocycles. The molecule has 0 atom stereocenters. The largest absolute Gasteiger partial charge is 0.322 e. The summed E-state index contributed by atoms with van der Waals surface area (Å²) in [5.74, 6) is -0.162. The van der Waals surface area contributed by atoms with Crippen LogP contribution < -0.4 is 5.32 Å². The van der Waals surface area contributed by atoms with E-state index in [1.54, 1.807) is 4.52 Å². The molecule has 4 aromatic rings. The average molecular weight is 334 g/mol. The van der Waals surface area contributed by atoms with E-state index in [0.717, 1.165) is 44.8 Å². The van der Waals surface area contributed by atoms with Gasteiger partial charge < -0.3 is 5.32 Å². The number of hydrogen-bond acceptors (Lipinski definition) is 4. The Hall–Kier alpha value is -3.22. The van der Waals surface area contributed by atoms with Gasteiger partial charge in [0.15, 0.2) is 0 Å². The highest BCUT2D eigenvalue weighted by Crippen LogP contribution is 2.23. The molecule has 0 radical (unpaired) electrons. The molecule has 7 heteroatoms. The third-order valence-electron chi connectivity index (χ3n) is 4.54. The number of rotatable bonds is 2. The minimum Gasteiger partial charge on any atom is -0.322 e. The summed E-state index contributed by atoms with van der Waals surface area (Å²) in [4.78, 5) is 12.9. The van der Waals surface area contributed by atoms with Crippen LogP contribution in [-0.2, 0) is 0 Å². The zero-order valence-corrected chi connectivity index (χ0v) is 14.5. The van der Waals surface area contributed by atoms with Crippen LogP contribution in [0.3, 0.4) is 0 Å². The predicted molar refractivity (Wildman–Crippen MR) is 96.0 cm³/mol. The monoisotopic (exact) mass is 334 g/mol. The van der Waals surface area contributed by atoms with Gasteiger partial charge >= 0.3 is 0 Å². The summed E-state index contributed by atoms with van der Waals surface area (Å²) in [7, 11) is 0. The Bertz CT molecular complexity index is 1140. The molecule has 1 aromatic carbocycles. The number of nitrogens with zero attached hydrogens (tertiary/aromatic N) is 4. The minimum atomic E-state index is -0.162. The van der Waals surface area contributed by atoms with Crippen molar-refractivity contribution in [1.29, 1.82) is 0 Å². The topological polar surface area (TPSA) is 88.0 Å². The van der Waals surface area contributed by atoms with Crippen molar-refractivity contribution >= 4 is 28.0 Å². The number of hydrogen-bond donors (Lipinski definition) is 2. The fourth-order valence-electron chi connectivity index (χ4n) is 3.20. The smallest absolute Gasteiger partial charge is 0.257 e. The molecular weight excluding hydrogens is 316 g/mol. The first-order valence-corrected chi connectivity index (χ1v) is 8.04. The van der Waals surface area contributed by atoms with Crippen LogP contribution in [0, 0.1) is 27.7 Å². The molecule has 0 bridgehead atoms. The summed E-state index contributed by atoms with van der Waals surface area (Å²) >= 11 is 0. The van der Waals surface area contributed by atoms with Crippen molar-refractivity contribution in [3.05, 3.63) is 52.5 Å². The number of carbonyl (C=O) groups is 1. The van der Waals surface area contributed by atoms with E-state index in [4.69, 9.17) is 0 Å². The van der Waals surface area contributed by atoms with E-state index >= 15 is 0 Å². The number of H-pyrrole nitrogens is 1. The van der Waals surface area contributed by atoms with Crippen molar-refractivity contribution < 1.29 is 4.79 Å². The lowest BCUT2D eigenvalue weighted by molar-refractivity contribution is 0.102. The lowest BCUT2D eigenvalue weighted by atomic mass is 10.1. The van der Waals surface area contributed by atoms with Gasteiger partial charge in [0.2, 0.25) is 0 Å². The second kappa shape index (κ2) is 5.41. The van der Waals surface area contributed by atoms with Gasteiger partial charge in [-0.15, -0.1) is 5.10 Å². The molecule has 3 aromatic heterocycles. The Morgan fingerprint density at radius 2 is 1.96 bits per heavy atom. The number of aromatic nitrogens is 5. The maximum Gasteiger partial charge on any atom is 0.257 e. The van der Waals surface area contributed by atoms with Crippen molar-refractivity contribution in [2.75, 3.05) is 5.32 Å². The van der Waals surface area contributed by atoms with Gasteiger partial charge in [-0.2, -0.15) is 5.10 Å². The number of benzene rings is 1. The van der Waals surface area contributed by atoms with Crippen LogP contribution in [-0.4, -0.2) is 30.9 Å². The van der Waals surface area contributed by atoms with Gasteiger partial charge in [0.05, 0.1) is 28.0 Å². The van der Waals surface area contributed by atoms with Gasteiger partial charge in [-0.3, -0.25) is 9.89 Å². The number of aromatic amines is 1. The number of aryl methyl sites for hydroxylation is 4. The summed E-state index contributed by atoms with van der Waals surface area (Å²) in [6, 6.07) is 7.61. The van der Waals surface area contributed by atoms with E-state index in [1.165, 1.54) is 0 Å². The fraction of sp³-hybridized carbons (Fsp3) is 0.222. The molecule has 0 aliphatic rings. The number of carbonyl (C=O) groups excluding carboxylic acids is 1. The van der Waals surface area contributed by atoms with Crippen molar-refractivity contribution in [1.82, 2.24) is 25.0 Å². The SMILES string of the molecule is Cc1cc2c(C)nnn2c(C)c1C(=O)Nc1ccc2n[nH]c(C)c2c1. The Kier molecular flexibility index (Phi) is 3.31. The summed E-state index contributed by atoms with van der Waals surface area (Å²) in [6.07, 6.45) is 0. The first kappa shape index (κ1) is 15.3. The second-order valence-corrected chi connectivity index (χ2v) is 6.29. The quantitative estimate of drug-likeness (QED) is 0.589. The molecule has 0 fully saturated rings. The fourth-order valence-corrected chi connectivity index (χ4v) is 3.20. The van der Waals surface area contributed by atoms with Crippen LogP contribution in [0.15, 0.2) is 24.3 Å². The van der Waals surface area contributed by atoms with Gasteiger partial charge in [-0.25, -0.2) is 4.52 Å². The van der Waals surface area contributed by atoms with Crippen molar-refractivity contribution in [2.24, 2.45) is 0 Å². The van der Waals surface area contributed by atoms with Crippen LogP contribution in [0.5, 0.6) is 0 Å². The molecule has 0 unspecified atom stereocenters. The van der Waals surface area contributed by atoms with E-state index in [0.29, 0.717) is 5.56 Å². The van der Waals surface area contributed by atoms with Gasteiger partial charge in [-0.1, -0.05) is 5.21 Å². The molecule has 1 amide bonds. The van der Waals surface area contributed by atoms with Crippen LogP contribution in [0.4, 0.5) is 5.69 Å². The zero-order valence-electron chi connectivity index (χ0n) is 14.5. The third-order valence-corrected chi connectivity index (χ3v) is 4.54.